The lowest BCUT2D eigenvalue weighted by atomic mass is 10.0. The van der Waals surface area contributed by atoms with Crippen LogP contribution in [0.4, 0.5) is 9.18 Å². The number of likely N-dealkylation sites (tertiary alicyclic amines) is 1. The van der Waals surface area contributed by atoms with Gasteiger partial charge in [-0.15, -0.1) is 11.3 Å². The Kier molecular flexibility index (Phi) is 7.75. The lowest BCUT2D eigenvalue weighted by Crippen LogP contribution is -2.49. The molecule has 1 spiro atoms. The number of ketones is 1. The van der Waals surface area contributed by atoms with Crippen molar-refractivity contribution in [3.63, 3.8) is 0 Å². The highest BCUT2D eigenvalue weighted by Gasteiger charge is 2.56. The van der Waals surface area contributed by atoms with Crippen LogP contribution in [-0.2, 0) is 14.4 Å². The zero-order valence-corrected chi connectivity index (χ0v) is 24.5. The Hall–Kier alpha value is -2.89. The molecule has 1 saturated carbocycles. The maximum absolute atomic E-state index is 14.0. The number of hydrogen-bond acceptors (Lipinski definition) is 8. The largest absolute Gasteiger partial charge is 0.444 e. The highest BCUT2D eigenvalue weighted by Crippen LogP contribution is 2.55. The summed E-state index contributed by atoms with van der Waals surface area (Å²) in [6.45, 7) is 8.46. The number of ether oxygens (including phenoxy) is 1. The highest BCUT2D eigenvalue weighted by molar-refractivity contribution is 7.10. The SMILES string of the molecule is C[C@H](ON1CC2(CC2)C[C@H]1C(=O)N1CCC[C@H]1c1nc(C(=O)c2ccc(F)cc2)cs1)N(C)C(=O)OC(C)(C)C. The first-order valence-corrected chi connectivity index (χ1v) is 14.7. The van der Waals surface area contributed by atoms with E-state index in [1.165, 1.54) is 40.5 Å². The molecule has 3 heterocycles. The van der Waals surface area contributed by atoms with E-state index >= 15 is 0 Å². The summed E-state index contributed by atoms with van der Waals surface area (Å²) in [6.07, 6.45) is 3.32. The molecule has 40 heavy (non-hydrogen) atoms. The Morgan fingerprint density at radius 1 is 1.20 bits per heavy atom. The van der Waals surface area contributed by atoms with Crippen molar-refractivity contribution in [2.45, 2.75) is 83.7 Å². The Labute approximate surface area is 238 Å². The fourth-order valence-corrected chi connectivity index (χ4v) is 6.34. The molecule has 0 radical (unpaired) electrons. The molecule has 1 aromatic carbocycles. The van der Waals surface area contributed by atoms with E-state index in [1.807, 2.05) is 25.7 Å². The third kappa shape index (κ3) is 6.06. The molecular weight excluding hydrogens is 535 g/mol. The number of thiazole rings is 1. The summed E-state index contributed by atoms with van der Waals surface area (Å²) in [5.74, 6) is -0.688. The number of hydrogen-bond donors (Lipinski definition) is 0. The van der Waals surface area contributed by atoms with Crippen molar-refractivity contribution in [3.05, 3.63) is 51.7 Å². The van der Waals surface area contributed by atoms with Crippen LogP contribution in [0.3, 0.4) is 0 Å². The second-order valence-corrected chi connectivity index (χ2v) is 13.1. The standard InChI is InChI=1S/C29H37FN4O5S/c1-18(32(5)27(37)38-28(2,3)4)39-34-17-29(12-13-29)15-23(34)26(36)33-14-6-7-22(33)25-31-21(16-40-25)24(35)19-8-10-20(30)11-9-19/h8-11,16,18,22-23H,6-7,12-15,17H2,1-5H3/t18-,22-,23-/m0/s1. The van der Waals surface area contributed by atoms with E-state index in [2.05, 4.69) is 4.98 Å². The van der Waals surface area contributed by atoms with Crippen molar-refractivity contribution < 1.29 is 28.3 Å². The minimum atomic E-state index is -0.626. The van der Waals surface area contributed by atoms with Gasteiger partial charge in [-0.1, -0.05) is 0 Å². The molecule has 3 aliphatic rings. The van der Waals surface area contributed by atoms with E-state index < -0.39 is 29.8 Å². The summed E-state index contributed by atoms with van der Waals surface area (Å²) in [6, 6.07) is 4.74. The number of aromatic nitrogens is 1. The fourth-order valence-electron chi connectivity index (χ4n) is 5.40. The van der Waals surface area contributed by atoms with Crippen LogP contribution in [0.15, 0.2) is 29.6 Å². The van der Waals surface area contributed by atoms with Crippen molar-refractivity contribution in [3.8, 4) is 0 Å². The first-order valence-electron chi connectivity index (χ1n) is 13.8. The van der Waals surface area contributed by atoms with E-state index in [0.29, 0.717) is 30.8 Å². The summed E-state index contributed by atoms with van der Waals surface area (Å²) in [5, 5.41) is 4.20. The van der Waals surface area contributed by atoms with Gasteiger partial charge in [-0.3, -0.25) is 19.3 Å². The molecule has 5 rings (SSSR count). The predicted octanol–water partition coefficient (Wildman–Crippen LogP) is 5.18. The van der Waals surface area contributed by atoms with Gasteiger partial charge in [0.1, 0.15) is 28.2 Å². The highest BCUT2D eigenvalue weighted by atomic mass is 32.1. The normalized spacial score (nSPS) is 22.9. The Morgan fingerprint density at radius 2 is 1.90 bits per heavy atom. The molecule has 0 N–H and O–H groups in total. The van der Waals surface area contributed by atoms with E-state index in [-0.39, 0.29) is 23.1 Å². The number of hydroxylamine groups is 2. The van der Waals surface area contributed by atoms with Crippen LogP contribution >= 0.6 is 11.3 Å². The van der Waals surface area contributed by atoms with Crippen molar-refractivity contribution in [1.82, 2.24) is 19.8 Å². The second-order valence-electron chi connectivity index (χ2n) is 12.2. The number of rotatable bonds is 7. The van der Waals surface area contributed by atoms with Crippen LogP contribution in [0.2, 0.25) is 0 Å². The number of benzene rings is 1. The smallest absolute Gasteiger partial charge is 0.412 e. The van der Waals surface area contributed by atoms with Crippen molar-refractivity contribution in [1.29, 1.82) is 0 Å². The van der Waals surface area contributed by atoms with Crippen LogP contribution in [0.5, 0.6) is 0 Å². The van der Waals surface area contributed by atoms with Crippen LogP contribution in [0.1, 0.15) is 86.9 Å². The van der Waals surface area contributed by atoms with Gasteiger partial charge in [0.15, 0.2) is 6.23 Å². The monoisotopic (exact) mass is 572 g/mol. The van der Waals surface area contributed by atoms with Crippen LogP contribution in [-0.4, -0.2) is 75.6 Å². The lowest BCUT2D eigenvalue weighted by Gasteiger charge is -2.34. The van der Waals surface area contributed by atoms with Crippen LogP contribution in [0.25, 0.3) is 0 Å². The number of amides is 2. The molecule has 3 fully saturated rings. The molecule has 1 aromatic heterocycles. The average Bonchev–Trinajstić information content (AvgIpc) is 3.25. The van der Waals surface area contributed by atoms with E-state index in [0.717, 1.165) is 30.7 Å². The van der Waals surface area contributed by atoms with Crippen LogP contribution < -0.4 is 0 Å². The third-order valence-corrected chi connectivity index (χ3v) is 8.85. The molecule has 0 bridgehead atoms. The van der Waals surface area contributed by atoms with Gasteiger partial charge in [-0.05, 0) is 89.5 Å². The fraction of sp³-hybridized carbons (Fsp3) is 0.586. The molecule has 11 heteroatoms. The molecule has 1 aliphatic carbocycles. The molecule has 2 amide bonds. The van der Waals surface area contributed by atoms with Gasteiger partial charge in [0.2, 0.25) is 11.7 Å². The number of halogens is 1. The summed E-state index contributed by atoms with van der Waals surface area (Å²) < 4.78 is 18.8. The van der Waals surface area contributed by atoms with Gasteiger partial charge in [0.05, 0.1) is 6.04 Å². The summed E-state index contributed by atoms with van der Waals surface area (Å²) >= 11 is 1.37. The van der Waals surface area contributed by atoms with Crippen LogP contribution in [0, 0.1) is 11.2 Å². The molecule has 216 valence electrons. The third-order valence-electron chi connectivity index (χ3n) is 7.90. The second kappa shape index (κ2) is 10.8. The van der Waals surface area contributed by atoms with Gasteiger partial charge in [-0.25, -0.2) is 14.2 Å². The summed E-state index contributed by atoms with van der Waals surface area (Å²) in [7, 11) is 1.63. The minimum absolute atomic E-state index is 0.0139. The Balaban J connectivity index is 1.28. The lowest BCUT2D eigenvalue weighted by molar-refractivity contribution is -0.234. The number of nitrogens with zero attached hydrogens (tertiary/aromatic N) is 4. The molecule has 0 unspecified atom stereocenters. The predicted molar refractivity (Wildman–Crippen MR) is 147 cm³/mol. The number of carbonyl (C=O) groups excluding carboxylic acids is 3. The molecule has 9 nitrogen and oxygen atoms in total. The molecule has 3 atom stereocenters. The van der Waals surface area contributed by atoms with Gasteiger partial charge in [0, 0.05) is 31.1 Å². The number of carbonyl (C=O) groups is 3. The maximum atomic E-state index is 14.0. The zero-order valence-electron chi connectivity index (χ0n) is 23.7. The van der Waals surface area contributed by atoms with Gasteiger partial charge >= 0.3 is 6.09 Å². The van der Waals surface area contributed by atoms with Crippen molar-refractivity contribution in [2.75, 3.05) is 20.1 Å². The van der Waals surface area contributed by atoms with Crippen molar-refractivity contribution in [2.24, 2.45) is 5.41 Å². The summed E-state index contributed by atoms with van der Waals surface area (Å²) in [4.78, 5) is 53.6. The van der Waals surface area contributed by atoms with Gasteiger partial charge in [-0.2, -0.15) is 5.06 Å². The van der Waals surface area contributed by atoms with E-state index in [4.69, 9.17) is 9.57 Å². The summed E-state index contributed by atoms with van der Waals surface area (Å²) in [5.41, 5.74) is 0.124. The quantitative estimate of drug-likeness (QED) is 0.334. The first kappa shape index (κ1) is 28.6. The maximum Gasteiger partial charge on any atom is 0.412 e. The first-order chi connectivity index (χ1) is 18.9. The topological polar surface area (TPSA) is 92.3 Å². The van der Waals surface area contributed by atoms with E-state index in [1.54, 1.807) is 24.4 Å². The molecule has 2 aromatic rings. The van der Waals surface area contributed by atoms with Gasteiger partial charge < -0.3 is 9.64 Å². The minimum Gasteiger partial charge on any atom is -0.444 e. The zero-order chi connectivity index (χ0) is 28.8. The average molecular weight is 573 g/mol. The Bertz CT molecular complexity index is 1270. The Morgan fingerprint density at radius 3 is 2.55 bits per heavy atom. The molecular formula is C29H37FN4O5S. The molecule has 2 aliphatic heterocycles. The van der Waals surface area contributed by atoms with E-state index in [9.17, 15) is 18.8 Å². The van der Waals surface area contributed by atoms with Gasteiger partial charge in [0.25, 0.3) is 0 Å². The molecule has 2 saturated heterocycles. The van der Waals surface area contributed by atoms with Crippen molar-refractivity contribution >= 4 is 29.1 Å².